The second-order valence-corrected chi connectivity index (χ2v) is 5.54. The van der Waals surface area contributed by atoms with E-state index in [2.05, 4.69) is 10.2 Å². The fourth-order valence-corrected chi connectivity index (χ4v) is 2.74. The van der Waals surface area contributed by atoms with E-state index in [0.717, 1.165) is 25.7 Å². The molecule has 1 heterocycles. The maximum absolute atomic E-state index is 12.5. The molecule has 1 saturated carbocycles. The molecule has 1 aliphatic rings. The average Bonchev–Trinajstić information content (AvgIpc) is 2.69. The van der Waals surface area contributed by atoms with Crippen LogP contribution in [0.25, 0.3) is 0 Å². The van der Waals surface area contributed by atoms with Crippen LogP contribution < -0.4 is 4.90 Å². The van der Waals surface area contributed by atoms with E-state index in [1.807, 2.05) is 4.90 Å². The number of hydrogen-bond acceptors (Lipinski definition) is 4. The highest BCUT2D eigenvalue weighted by Gasteiger charge is 2.37. The molecule has 0 atom stereocenters. The number of alkyl halides is 4. The van der Waals surface area contributed by atoms with Gasteiger partial charge < -0.3 is 4.90 Å². The van der Waals surface area contributed by atoms with Gasteiger partial charge in [0, 0.05) is 18.5 Å². The zero-order chi connectivity index (χ0) is 13.2. The molecule has 0 aliphatic heterocycles. The summed E-state index contributed by atoms with van der Waals surface area (Å²) in [7, 11) is 0. The molecule has 1 aromatic rings. The Bertz CT molecular complexity index is 392. The van der Waals surface area contributed by atoms with Crippen molar-refractivity contribution in [2.24, 2.45) is 0 Å². The van der Waals surface area contributed by atoms with E-state index in [-0.39, 0.29) is 0 Å². The number of nitrogens with zero attached hydrogens (tertiary/aromatic N) is 3. The maximum Gasteiger partial charge on any atom is 0.445 e. The summed E-state index contributed by atoms with van der Waals surface area (Å²) in [4.78, 5) is 1.92. The van der Waals surface area contributed by atoms with E-state index in [0.29, 0.717) is 34.9 Å². The highest BCUT2D eigenvalue weighted by molar-refractivity contribution is 7.15. The molecule has 1 aromatic heterocycles. The van der Waals surface area contributed by atoms with Crippen LogP contribution in [0.3, 0.4) is 0 Å². The van der Waals surface area contributed by atoms with Crippen molar-refractivity contribution in [3.05, 3.63) is 5.01 Å². The van der Waals surface area contributed by atoms with Gasteiger partial charge in [-0.25, -0.2) is 0 Å². The Hall–Kier alpha value is -0.560. The fourth-order valence-electron chi connectivity index (χ4n) is 1.81. The molecule has 0 aromatic carbocycles. The van der Waals surface area contributed by atoms with Gasteiger partial charge in [-0.1, -0.05) is 11.3 Å². The van der Waals surface area contributed by atoms with Crippen molar-refractivity contribution in [3.8, 4) is 0 Å². The first kappa shape index (κ1) is 13.9. The van der Waals surface area contributed by atoms with Gasteiger partial charge in [0.1, 0.15) is 0 Å². The van der Waals surface area contributed by atoms with Crippen LogP contribution in [-0.4, -0.2) is 28.7 Å². The van der Waals surface area contributed by atoms with Gasteiger partial charge >= 0.3 is 6.18 Å². The minimum Gasteiger partial charge on any atom is -0.344 e. The SMILES string of the molecule is FC(F)(F)c1nnc(N(CCCCl)C2CCC2)s1. The van der Waals surface area contributed by atoms with Crippen LogP contribution in [0.5, 0.6) is 0 Å². The molecule has 0 N–H and O–H groups in total. The molecule has 102 valence electrons. The second-order valence-electron chi connectivity index (χ2n) is 4.21. The van der Waals surface area contributed by atoms with Gasteiger partial charge in [-0.3, -0.25) is 0 Å². The van der Waals surface area contributed by atoms with Crippen LogP contribution in [0.15, 0.2) is 0 Å². The van der Waals surface area contributed by atoms with Crippen LogP contribution >= 0.6 is 22.9 Å². The Morgan fingerprint density at radius 2 is 2.06 bits per heavy atom. The van der Waals surface area contributed by atoms with Crippen molar-refractivity contribution < 1.29 is 13.2 Å². The van der Waals surface area contributed by atoms with E-state index in [1.54, 1.807) is 0 Å². The van der Waals surface area contributed by atoms with Gasteiger partial charge in [0.25, 0.3) is 0 Å². The van der Waals surface area contributed by atoms with Gasteiger partial charge in [-0.15, -0.1) is 21.8 Å². The summed E-state index contributed by atoms with van der Waals surface area (Å²) in [6.45, 7) is 0.640. The molecule has 0 spiro atoms. The van der Waals surface area contributed by atoms with Crippen LogP contribution in [0, 0.1) is 0 Å². The molecule has 0 radical (unpaired) electrons. The Morgan fingerprint density at radius 3 is 2.50 bits per heavy atom. The smallest absolute Gasteiger partial charge is 0.344 e. The van der Waals surface area contributed by atoms with Crippen LogP contribution in [-0.2, 0) is 6.18 Å². The van der Waals surface area contributed by atoms with Crippen LogP contribution in [0.4, 0.5) is 18.3 Å². The molecule has 0 amide bonds. The van der Waals surface area contributed by atoms with Crippen molar-refractivity contribution in [2.75, 3.05) is 17.3 Å². The lowest BCUT2D eigenvalue weighted by Gasteiger charge is -2.37. The molecule has 8 heteroatoms. The summed E-state index contributed by atoms with van der Waals surface area (Å²) in [6.07, 6.45) is -0.550. The standard InChI is InChI=1S/C10H13ClF3N3S/c11-5-2-6-17(7-3-1-4-7)9-16-15-8(18-9)10(12,13)14/h7H,1-6H2. The predicted octanol–water partition coefficient (Wildman–Crippen LogP) is 3.54. The molecule has 1 aliphatic carbocycles. The minimum absolute atomic E-state index is 0.294. The van der Waals surface area contributed by atoms with Crippen molar-refractivity contribution in [2.45, 2.75) is 37.9 Å². The molecule has 0 saturated heterocycles. The Labute approximate surface area is 112 Å². The molecular weight excluding hydrogens is 287 g/mol. The summed E-state index contributed by atoms with van der Waals surface area (Å²) >= 11 is 6.25. The number of aromatic nitrogens is 2. The lowest BCUT2D eigenvalue weighted by molar-refractivity contribution is -0.138. The average molecular weight is 300 g/mol. The predicted molar refractivity (Wildman–Crippen MR) is 65.2 cm³/mol. The lowest BCUT2D eigenvalue weighted by atomic mass is 9.92. The first-order chi connectivity index (χ1) is 8.52. The van der Waals surface area contributed by atoms with Gasteiger partial charge in [0.15, 0.2) is 0 Å². The first-order valence-corrected chi connectivity index (χ1v) is 7.11. The Balaban J connectivity index is 2.11. The van der Waals surface area contributed by atoms with Gasteiger partial charge in [0.05, 0.1) is 0 Å². The zero-order valence-corrected chi connectivity index (χ0v) is 11.2. The van der Waals surface area contributed by atoms with Gasteiger partial charge in [0.2, 0.25) is 10.1 Å². The number of rotatable bonds is 5. The Morgan fingerprint density at radius 1 is 1.33 bits per heavy atom. The Kier molecular flexibility index (Phi) is 4.32. The molecule has 0 unspecified atom stereocenters. The summed E-state index contributed by atoms with van der Waals surface area (Å²) < 4.78 is 37.4. The minimum atomic E-state index is -4.41. The third kappa shape index (κ3) is 3.06. The van der Waals surface area contributed by atoms with E-state index >= 15 is 0 Å². The normalized spacial score (nSPS) is 16.7. The van der Waals surface area contributed by atoms with E-state index < -0.39 is 11.2 Å². The highest BCUT2D eigenvalue weighted by Crippen LogP contribution is 2.37. The number of halogens is 4. The van der Waals surface area contributed by atoms with Crippen LogP contribution in [0.2, 0.25) is 0 Å². The highest BCUT2D eigenvalue weighted by atomic mass is 35.5. The van der Waals surface area contributed by atoms with E-state index in [9.17, 15) is 13.2 Å². The number of hydrogen-bond donors (Lipinski definition) is 0. The molecule has 2 rings (SSSR count). The van der Waals surface area contributed by atoms with E-state index in [4.69, 9.17) is 11.6 Å². The molecule has 18 heavy (non-hydrogen) atoms. The van der Waals surface area contributed by atoms with Crippen molar-refractivity contribution in [3.63, 3.8) is 0 Å². The molecule has 3 nitrogen and oxygen atoms in total. The van der Waals surface area contributed by atoms with Crippen molar-refractivity contribution >= 4 is 28.1 Å². The maximum atomic E-state index is 12.5. The monoisotopic (exact) mass is 299 g/mol. The van der Waals surface area contributed by atoms with Gasteiger partial charge in [-0.05, 0) is 25.7 Å². The largest absolute Gasteiger partial charge is 0.445 e. The topological polar surface area (TPSA) is 29.0 Å². The molecule has 1 fully saturated rings. The quantitative estimate of drug-likeness (QED) is 0.779. The third-order valence-corrected chi connectivity index (χ3v) is 4.22. The van der Waals surface area contributed by atoms with Crippen molar-refractivity contribution in [1.29, 1.82) is 0 Å². The lowest BCUT2D eigenvalue weighted by Crippen LogP contribution is -2.41. The van der Waals surface area contributed by atoms with Crippen molar-refractivity contribution in [1.82, 2.24) is 10.2 Å². The fraction of sp³-hybridized carbons (Fsp3) is 0.800. The zero-order valence-electron chi connectivity index (χ0n) is 9.58. The van der Waals surface area contributed by atoms with E-state index in [1.165, 1.54) is 0 Å². The first-order valence-electron chi connectivity index (χ1n) is 5.75. The number of anilines is 1. The summed E-state index contributed by atoms with van der Waals surface area (Å²) in [6, 6.07) is 0.294. The second kappa shape index (κ2) is 5.61. The molecular formula is C10H13ClF3N3S. The van der Waals surface area contributed by atoms with Gasteiger partial charge in [-0.2, -0.15) is 13.2 Å². The molecule has 0 bridgehead atoms. The summed E-state index contributed by atoms with van der Waals surface area (Å²) in [5, 5.41) is 6.37. The summed E-state index contributed by atoms with van der Waals surface area (Å²) in [5.41, 5.74) is 0. The third-order valence-electron chi connectivity index (χ3n) is 2.95. The summed E-state index contributed by atoms with van der Waals surface area (Å²) in [5.74, 6) is 0.494. The van der Waals surface area contributed by atoms with Crippen LogP contribution in [0.1, 0.15) is 30.7 Å².